The average molecular weight is 316 g/mol. The molecule has 5 nitrogen and oxygen atoms in total. The van der Waals surface area contributed by atoms with Gasteiger partial charge in [-0.25, -0.2) is 4.79 Å². The maximum absolute atomic E-state index is 12.3. The fourth-order valence-corrected chi connectivity index (χ4v) is 2.17. The summed E-state index contributed by atoms with van der Waals surface area (Å²) in [6.07, 6.45) is 0. The average Bonchev–Trinajstić information content (AvgIpc) is 2.59. The van der Waals surface area contributed by atoms with Crippen LogP contribution >= 0.6 is 0 Å². The van der Waals surface area contributed by atoms with Crippen LogP contribution in [0.25, 0.3) is 0 Å². The number of esters is 1. The predicted octanol–water partition coefficient (Wildman–Crippen LogP) is 3.38. The van der Waals surface area contributed by atoms with E-state index in [-0.39, 0.29) is 6.61 Å². The molecule has 2 aromatic rings. The van der Waals surface area contributed by atoms with Crippen molar-refractivity contribution in [2.24, 2.45) is 0 Å². The van der Waals surface area contributed by atoms with E-state index >= 15 is 0 Å². The first-order valence-electron chi connectivity index (χ1n) is 7.11. The number of carbonyl (C=O) groups excluding carboxylic acids is 1. The zero-order chi connectivity index (χ0) is 16.8. The van der Waals surface area contributed by atoms with E-state index < -0.39 is 5.97 Å². The second-order valence-corrected chi connectivity index (χ2v) is 4.99. The Balaban J connectivity index is 2.15. The zero-order valence-electron chi connectivity index (χ0n) is 13.7. The lowest BCUT2D eigenvalue weighted by molar-refractivity contribution is 0.0469. The van der Waals surface area contributed by atoms with Gasteiger partial charge in [0.25, 0.3) is 0 Å². The Morgan fingerprint density at radius 1 is 0.913 bits per heavy atom. The van der Waals surface area contributed by atoms with Crippen LogP contribution in [0.5, 0.6) is 17.2 Å². The second-order valence-electron chi connectivity index (χ2n) is 4.99. The number of carbonyl (C=O) groups is 1. The minimum Gasteiger partial charge on any atom is -0.497 e. The smallest absolute Gasteiger partial charge is 0.338 e. The molecule has 0 unspecified atom stereocenters. The van der Waals surface area contributed by atoms with Crippen molar-refractivity contribution in [3.05, 3.63) is 53.1 Å². The Hall–Kier alpha value is -2.69. The number of aryl methyl sites for hydroxylation is 1. The summed E-state index contributed by atoms with van der Waals surface area (Å²) < 4.78 is 21.0. The molecule has 0 atom stereocenters. The normalized spacial score (nSPS) is 10.1. The number of methoxy groups -OCH3 is 3. The summed E-state index contributed by atoms with van der Waals surface area (Å²) in [6, 6.07) is 10.6. The molecular formula is C18H20O5. The number of benzene rings is 2. The molecule has 0 amide bonds. The van der Waals surface area contributed by atoms with E-state index in [1.165, 1.54) is 14.2 Å². The first kappa shape index (κ1) is 16.7. The number of hydrogen-bond donors (Lipinski definition) is 0. The second kappa shape index (κ2) is 7.54. The van der Waals surface area contributed by atoms with Gasteiger partial charge in [0.05, 0.1) is 26.9 Å². The topological polar surface area (TPSA) is 54.0 Å². The lowest BCUT2D eigenvalue weighted by Crippen LogP contribution is -2.07. The molecule has 2 aromatic carbocycles. The molecule has 0 aliphatic heterocycles. The van der Waals surface area contributed by atoms with Gasteiger partial charge in [0, 0.05) is 11.6 Å². The summed E-state index contributed by atoms with van der Waals surface area (Å²) in [7, 11) is 4.64. The Kier molecular flexibility index (Phi) is 5.46. The van der Waals surface area contributed by atoms with Gasteiger partial charge in [0.2, 0.25) is 0 Å². The van der Waals surface area contributed by atoms with Gasteiger partial charge in [-0.05, 0) is 31.2 Å². The lowest BCUT2D eigenvalue weighted by Gasteiger charge is -2.11. The maximum Gasteiger partial charge on any atom is 0.338 e. The summed E-state index contributed by atoms with van der Waals surface area (Å²) in [4.78, 5) is 12.3. The molecule has 2 rings (SSSR count). The van der Waals surface area contributed by atoms with Crippen molar-refractivity contribution in [2.45, 2.75) is 13.5 Å². The van der Waals surface area contributed by atoms with Crippen LogP contribution in [0.15, 0.2) is 36.4 Å². The van der Waals surface area contributed by atoms with Crippen LogP contribution in [0, 0.1) is 6.92 Å². The van der Waals surface area contributed by atoms with Gasteiger partial charge < -0.3 is 18.9 Å². The van der Waals surface area contributed by atoms with Crippen molar-refractivity contribution >= 4 is 5.97 Å². The van der Waals surface area contributed by atoms with Crippen LogP contribution in [0.1, 0.15) is 21.5 Å². The molecule has 0 heterocycles. The largest absolute Gasteiger partial charge is 0.497 e. The Morgan fingerprint density at radius 2 is 1.57 bits per heavy atom. The highest BCUT2D eigenvalue weighted by Crippen LogP contribution is 2.24. The van der Waals surface area contributed by atoms with Crippen molar-refractivity contribution in [1.29, 1.82) is 0 Å². The minimum absolute atomic E-state index is 0.128. The van der Waals surface area contributed by atoms with Crippen LogP contribution in [-0.2, 0) is 11.3 Å². The minimum atomic E-state index is -0.453. The highest BCUT2D eigenvalue weighted by atomic mass is 16.5. The molecule has 0 aliphatic carbocycles. The fourth-order valence-electron chi connectivity index (χ4n) is 2.17. The number of hydrogen-bond acceptors (Lipinski definition) is 5. The summed E-state index contributed by atoms with van der Waals surface area (Å²) in [6.45, 7) is 2.10. The van der Waals surface area contributed by atoms with Crippen LogP contribution in [0.2, 0.25) is 0 Å². The quantitative estimate of drug-likeness (QED) is 0.765. The van der Waals surface area contributed by atoms with Crippen molar-refractivity contribution in [3.63, 3.8) is 0 Å². The highest BCUT2D eigenvalue weighted by molar-refractivity contribution is 5.90. The molecule has 0 aromatic heterocycles. The summed E-state index contributed by atoms with van der Waals surface area (Å²) >= 11 is 0. The molecule has 0 saturated heterocycles. The number of ether oxygens (including phenoxy) is 4. The van der Waals surface area contributed by atoms with Gasteiger partial charge >= 0.3 is 5.97 Å². The lowest BCUT2D eigenvalue weighted by atomic mass is 10.1. The van der Waals surface area contributed by atoms with Gasteiger partial charge in [-0.2, -0.15) is 0 Å². The third-order valence-electron chi connectivity index (χ3n) is 3.38. The van der Waals surface area contributed by atoms with Gasteiger partial charge in [-0.15, -0.1) is 0 Å². The van der Waals surface area contributed by atoms with E-state index in [2.05, 4.69) is 0 Å². The molecule has 0 spiro atoms. The Morgan fingerprint density at radius 3 is 2.13 bits per heavy atom. The van der Waals surface area contributed by atoms with Crippen molar-refractivity contribution < 1.29 is 23.7 Å². The van der Waals surface area contributed by atoms with Gasteiger partial charge in [0.15, 0.2) is 0 Å². The van der Waals surface area contributed by atoms with Crippen molar-refractivity contribution in [3.8, 4) is 17.2 Å². The SMILES string of the molecule is COc1cc(OC)cc(C(=O)OCc2cc(C)ccc2OC)c1. The van der Waals surface area contributed by atoms with Crippen LogP contribution < -0.4 is 14.2 Å². The summed E-state index contributed by atoms with van der Waals surface area (Å²) in [5.74, 6) is 1.30. The summed E-state index contributed by atoms with van der Waals surface area (Å²) in [5.41, 5.74) is 2.25. The first-order chi connectivity index (χ1) is 11.1. The van der Waals surface area contributed by atoms with E-state index in [0.717, 1.165) is 11.1 Å². The third-order valence-corrected chi connectivity index (χ3v) is 3.38. The monoisotopic (exact) mass is 316 g/mol. The van der Waals surface area contributed by atoms with Gasteiger partial charge in [-0.1, -0.05) is 11.6 Å². The maximum atomic E-state index is 12.3. The predicted molar refractivity (Wildman–Crippen MR) is 86.4 cm³/mol. The van der Waals surface area contributed by atoms with E-state index in [0.29, 0.717) is 22.8 Å². The fraction of sp³-hybridized carbons (Fsp3) is 0.278. The Labute approximate surface area is 135 Å². The van der Waals surface area contributed by atoms with Crippen LogP contribution in [-0.4, -0.2) is 27.3 Å². The first-order valence-corrected chi connectivity index (χ1v) is 7.11. The van der Waals surface area contributed by atoms with E-state index in [1.54, 1.807) is 25.3 Å². The molecule has 0 N–H and O–H groups in total. The molecule has 5 heteroatoms. The summed E-state index contributed by atoms with van der Waals surface area (Å²) in [5, 5.41) is 0. The van der Waals surface area contributed by atoms with Gasteiger partial charge in [-0.3, -0.25) is 0 Å². The highest BCUT2D eigenvalue weighted by Gasteiger charge is 2.13. The molecule has 0 radical (unpaired) electrons. The van der Waals surface area contributed by atoms with Crippen molar-refractivity contribution in [1.82, 2.24) is 0 Å². The van der Waals surface area contributed by atoms with Crippen molar-refractivity contribution in [2.75, 3.05) is 21.3 Å². The molecule has 122 valence electrons. The third kappa shape index (κ3) is 4.16. The number of rotatable bonds is 6. The molecule has 0 fully saturated rings. The molecule has 0 saturated carbocycles. The standard InChI is InChI=1S/C18H20O5/c1-12-5-6-17(22-4)14(7-12)11-23-18(19)13-8-15(20-2)10-16(9-13)21-3/h5-10H,11H2,1-4H3. The molecule has 0 aliphatic rings. The van der Waals surface area contributed by atoms with E-state index in [1.807, 2.05) is 25.1 Å². The molecular weight excluding hydrogens is 296 g/mol. The van der Waals surface area contributed by atoms with Crippen LogP contribution in [0.3, 0.4) is 0 Å². The molecule has 0 bridgehead atoms. The van der Waals surface area contributed by atoms with E-state index in [4.69, 9.17) is 18.9 Å². The molecule has 23 heavy (non-hydrogen) atoms. The Bertz CT molecular complexity index is 672. The van der Waals surface area contributed by atoms with E-state index in [9.17, 15) is 4.79 Å². The van der Waals surface area contributed by atoms with Gasteiger partial charge in [0.1, 0.15) is 23.9 Å². The zero-order valence-corrected chi connectivity index (χ0v) is 13.7. The van der Waals surface area contributed by atoms with Crippen LogP contribution in [0.4, 0.5) is 0 Å².